The second kappa shape index (κ2) is 13.1. The van der Waals surface area contributed by atoms with Gasteiger partial charge in [-0.05, 0) is 51.5 Å². The van der Waals surface area contributed by atoms with Gasteiger partial charge in [-0.2, -0.15) is 10.2 Å². The lowest BCUT2D eigenvalue weighted by molar-refractivity contribution is -0.137. The van der Waals surface area contributed by atoms with E-state index >= 15 is 0 Å². The van der Waals surface area contributed by atoms with Gasteiger partial charge in [0.1, 0.15) is 5.82 Å². The third-order valence-corrected chi connectivity index (χ3v) is 6.22. The third kappa shape index (κ3) is 6.89. The van der Waals surface area contributed by atoms with E-state index in [1.54, 1.807) is 13.0 Å². The maximum atomic E-state index is 11.8. The van der Waals surface area contributed by atoms with Gasteiger partial charge in [-0.3, -0.25) is 0 Å². The first-order valence-electron chi connectivity index (χ1n) is 13.3. The van der Waals surface area contributed by atoms with Crippen LogP contribution in [0.2, 0.25) is 0 Å². The van der Waals surface area contributed by atoms with Crippen LogP contribution in [0.25, 0.3) is 28.9 Å². The molecule has 2 aromatic heterocycles. The number of aryl methyl sites for hydroxylation is 2. The normalized spacial score (nSPS) is 14.9. The van der Waals surface area contributed by atoms with Crippen molar-refractivity contribution in [3.63, 3.8) is 0 Å². The van der Waals surface area contributed by atoms with Crippen LogP contribution in [0.4, 0.5) is 0 Å². The summed E-state index contributed by atoms with van der Waals surface area (Å²) >= 11 is 0. The highest BCUT2D eigenvalue weighted by atomic mass is 16.5. The second-order valence-electron chi connectivity index (χ2n) is 9.24. The first-order chi connectivity index (χ1) is 18.5. The lowest BCUT2D eigenvalue weighted by Crippen LogP contribution is -2.37. The molecule has 0 aliphatic carbocycles. The van der Waals surface area contributed by atoms with E-state index in [1.165, 1.54) is 11.6 Å². The molecule has 8 nitrogen and oxygen atoms in total. The van der Waals surface area contributed by atoms with Crippen LogP contribution in [0, 0.1) is 13.8 Å². The van der Waals surface area contributed by atoms with Crippen LogP contribution < -0.4 is 0 Å². The number of aromatic nitrogens is 4. The molecule has 0 atom stereocenters. The molecule has 200 valence electrons. The summed E-state index contributed by atoms with van der Waals surface area (Å²) in [4.78, 5) is 14.1. The van der Waals surface area contributed by atoms with E-state index < -0.39 is 0 Å². The van der Waals surface area contributed by atoms with Crippen molar-refractivity contribution in [3.05, 3.63) is 77.8 Å². The number of carbonyl (C=O) groups excluding carboxylic acids is 1. The van der Waals surface area contributed by atoms with Crippen LogP contribution >= 0.6 is 0 Å². The molecule has 8 heteroatoms. The molecule has 1 saturated heterocycles. The highest BCUT2D eigenvalue weighted by Gasteiger charge is 2.19. The van der Waals surface area contributed by atoms with Gasteiger partial charge in [0.15, 0.2) is 0 Å². The Morgan fingerprint density at radius 2 is 1.92 bits per heavy atom. The SMILES string of the molecule is CCC/C=C(/C=C(/N1CCOCC1)n1nc(/C=C/C(=O)OCC)cc1C)n1ccc(-c2cccc(C)c2)n1. The van der Waals surface area contributed by atoms with E-state index in [9.17, 15) is 4.79 Å². The predicted molar refractivity (Wildman–Crippen MR) is 151 cm³/mol. The molecule has 3 aromatic rings. The molecule has 0 bridgehead atoms. The van der Waals surface area contributed by atoms with Crippen LogP contribution in [-0.4, -0.2) is 63.3 Å². The lowest BCUT2D eigenvalue weighted by atomic mass is 10.1. The smallest absolute Gasteiger partial charge is 0.330 e. The minimum atomic E-state index is -0.378. The van der Waals surface area contributed by atoms with Gasteiger partial charge in [0.2, 0.25) is 0 Å². The van der Waals surface area contributed by atoms with Gasteiger partial charge < -0.3 is 14.4 Å². The Kier molecular flexibility index (Phi) is 9.32. The maximum Gasteiger partial charge on any atom is 0.330 e. The van der Waals surface area contributed by atoms with Crippen molar-refractivity contribution in [2.24, 2.45) is 0 Å². The van der Waals surface area contributed by atoms with Crippen LogP contribution in [-0.2, 0) is 14.3 Å². The predicted octanol–water partition coefficient (Wildman–Crippen LogP) is 5.41. The molecule has 0 unspecified atom stereocenters. The summed E-state index contributed by atoms with van der Waals surface area (Å²) in [7, 11) is 0. The molecule has 1 fully saturated rings. The summed E-state index contributed by atoms with van der Waals surface area (Å²) in [6.07, 6.45) is 11.4. The summed E-state index contributed by atoms with van der Waals surface area (Å²) in [5.41, 5.74) is 5.86. The summed E-state index contributed by atoms with van der Waals surface area (Å²) in [5, 5.41) is 9.75. The fourth-order valence-corrected chi connectivity index (χ4v) is 4.30. The number of esters is 1. The zero-order chi connectivity index (χ0) is 26.9. The Bertz CT molecular complexity index is 1330. The van der Waals surface area contributed by atoms with E-state index in [2.05, 4.69) is 55.2 Å². The number of morpholine rings is 1. The van der Waals surface area contributed by atoms with E-state index in [0.717, 1.165) is 54.4 Å². The summed E-state index contributed by atoms with van der Waals surface area (Å²) in [5.74, 6) is 0.563. The molecular formula is C30H37N5O3. The Hall–Kier alpha value is -3.91. The van der Waals surface area contributed by atoms with Crippen LogP contribution in [0.15, 0.2) is 60.8 Å². The van der Waals surface area contributed by atoms with Gasteiger partial charge in [-0.25, -0.2) is 14.2 Å². The number of rotatable bonds is 10. The summed E-state index contributed by atoms with van der Waals surface area (Å²) < 4.78 is 14.5. The number of carbonyl (C=O) groups is 1. The van der Waals surface area contributed by atoms with Gasteiger partial charge >= 0.3 is 5.97 Å². The van der Waals surface area contributed by atoms with E-state index in [1.807, 2.05) is 34.6 Å². The Labute approximate surface area is 224 Å². The summed E-state index contributed by atoms with van der Waals surface area (Å²) in [6, 6.07) is 12.4. The molecule has 0 amide bonds. The quantitative estimate of drug-likeness (QED) is 0.204. The molecule has 1 aromatic carbocycles. The van der Waals surface area contributed by atoms with Crippen molar-refractivity contribution in [2.45, 2.75) is 40.5 Å². The minimum absolute atomic E-state index is 0.340. The molecule has 0 spiro atoms. The Balaban J connectivity index is 1.73. The Morgan fingerprint density at radius 1 is 1.11 bits per heavy atom. The van der Waals surface area contributed by atoms with Crippen molar-refractivity contribution >= 4 is 23.6 Å². The Morgan fingerprint density at radius 3 is 2.66 bits per heavy atom. The first-order valence-corrected chi connectivity index (χ1v) is 13.3. The zero-order valence-electron chi connectivity index (χ0n) is 22.8. The molecule has 1 aliphatic rings. The fraction of sp³-hybridized carbons (Fsp3) is 0.367. The maximum absolute atomic E-state index is 11.8. The van der Waals surface area contributed by atoms with Crippen LogP contribution in [0.3, 0.4) is 0 Å². The number of hydrogen-bond acceptors (Lipinski definition) is 6. The van der Waals surface area contributed by atoms with E-state index in [0.29, 0.717) is 25.5 Å². The molecule has 4 rings (SSSR count). The van der Waals surface area contributed by atoms with Gasteiger partial charge in [0.05, 0.1) is 36.9 Å². The average molecular weight is 516 g/mol. The average Bonchev–Trinajstić information content (AvgIpc) is 3.56. The third-order valence-electron chi connectivity index (χ3n) is 6.22. The van der Waals surface area contributed by atoms with Gasteiger partial charge in [-0.15, -0.1) is 0 Å². The van der Waals surface area contributed by atoms with Crippen molar-refractivity contribution in [2.75, 3.05) is 32.9 Å². The molecule has 3 heterocycles. The van der Waals surface area contributed by atoms with Crippen LogP contribution in [0.5, 0.6) is 0 Å². The molecule has 0 N–H and O–H groups in total. The lowest BCUT2D eigenvalue weighted by Gasteiger charge is -2.31. The molecular weight excluding hydrogens is 478 g/mol. The zero-order valence-corrected chi connectivity index (χ0v) is 22.8. The van der Waals surface area contributed by atoms with Crippen molar-refractivity contribution in [1.82, 2.24) is 24.5 Å². The number of ether oxygens (including phenoxy) is 2. The number of hydrogen-bond donors (Lipinski definition) is 0. The van der Waals surface area contributed by atoms with E-state index in [-0.39, 0.29) is 5.97 Å². The standard InChI is InChI=1S/C30H37N5O3/c1-5-7-11-27(34-15-14-28(32-34)25-10-8-9-23(3)20-25)22-29(33-16-18-37-19-17-33)35-24(4)21-26(31-35)12-13-30(36)38-6-2/h8-15,20-22H,5-7,16-19H2,1-4H3/b13-12+,27-11-,29-22-. The fourth-order valence-electron chi connectivity index (χ4n) is 4.30. The second-order valence-corrected chi connectivity index (χ2v) is 9.24. The molecule has 0 radical (unpaired) electrons. The van der Waals surface area contributed by atoms with Crippen molar-refractivity contribution < 1.29 is 14.3 Å². The summed E-state index contributed by atoms with van der Waals surface area (Å²) in [6.45, 7) is 11.2. The highest BCUT2D eigenvalue weighted by Crippen LogP contribution is 2.24. The number of allylic oxidation sites excluding steroid dienone is 3. The molecule has 1 aliphatic heterocycles. The van der Waals surface area contributed by atoms with Gasteiger partial charge in [-0.1, -0.05) is 43.2 Å². The van der Waals surface area contributed by atoms with Crippen molar-refractivity contribution in [1.29, 1.82) is 0 Å². The number of benzene rings is 1. The van der Waals surface area contributed by atoms with Gasteiger partial charge in [0, 0.05) is 42.7 Å². The minimum Gasteiger partial charge on any atom is -0.463 e. The molecule has 0 saturated carbocycles. The first kappa shape index (κ1) is 27.1. The number of nitrogens with zero attached hydrogens (tertiary/aromatic N) is 5. The highest BCUT2D eigenvalue weighted by molar-refractivity contribution is 5.86. The largest absolute Gasteiger partial charge is 0.463 e. The van der Waals surface area contributed by atoms with Crippen LogP contribution in [0.1, 0.15) is 43.6 Å². The monoisotopic (exact) mass is 515 g/mol. The number of unbranched alkanes of at least 4 members (excludes halogenated alkanes) is 1. The van der Waals surface area contributed by atoms with E-state index in [4.69, 9.17) is 19.7 Å². The van der Waals surface area contributed by atoms with Crippen molar-refractivity contribution in [3.8, 4) is 11.3 Å². The molecule has 38 heavy (non-hydrogen) atoms. The topological polar surface area (TPSA) is 74.4 Å². The van der Waals surface area contributed by atoms with Gasteiger partial charge in [0.25, 0.3) is 0 Å².